The molecule has 13 heavy (non-hydrogen) atoms. The number of anilines is 1. The third-order valence-electron chi connectivity index (χ3n) is 2.51. The van der Waals surface area contributed by atoms with Crippen molar-refractivity contribution in [3.63, 3.8) is 0 Å². The third kappa shape index (κ3) is 2.17. The van der Waals surface area contributed by atoms with Crippen LogP contribution in [0.25, 0.3) is 0 Å². The Bertz CT molecular complexity index is 279. The van der Waals surface area contributed by atoms with Crippen LogP contribution in [0.15, 0.2) is 12.4 Å². The molecule has 0 spiro atoms. The van der Waals surface area contributed by atoms with E-state index < -0.39 is 0 Å². The maximum absolute atomic E-state index is 4.18. The smallest absolute Gasteiger partial charge is 0.129 e. The number of hydrogen-bond donors (Lipinski definition) is 1. The first-order valence-corrected chi connectivity index (χ1v) is 4.90. The Morgan fingerprint density at radius 2 is 2.08 bits per heavy atom. The van der Waals surface area contributed by atoms with Gasteiger partial charge >= 0.3 is 0 Å². The van der Waals surface area contributed by atoms with Gasteiger partial charge in [0.1, 0.15) is 12.1 Å². The summed E-state index contributed by atoms with van der Waals surface area (Å²) in [4.78, 5) is 8.24. The van der Waals surface area contributed by atoms with Crippen molar-refractivity contribution >= 4 is 5.82 Å². The lowest BCUT2D eigenvalue weighted by Gasteiger charge is -2.11. The van der Waals surface area contributed by atoms with Crippen LogP contribution in [0.5, 0.6) is 0 Å². The Morgan fingerprint density at radius 3 is 2.77 bits per heavy atom. The van der Waals surface area contributed by atoms with Gasteiger partial charge in [0.05, 0.1) is 0 Å². The van der Waals surface area contributed by atoms with Crippen LogP contribution < -0.4 is 5.32 Å². The number of aryl methyl sites for hydroxylation is 1. The van der Waals surface area contributed by atoms with E-state index in [1.165, 1.54) is 25.7 Å². The number of rotatable bonds is 2. The Labute approximate surface area is 78.6 Å². The van der Waals surface area contributed by atoms with Gasteiger partial charge in [0.2, 0.25) is 0 Å². The molecule has 3 nitrogen and oxygen atoms in total. The summed E-state index contributed by atoms with van der Waals surface area (Å²) in [6.45, 7) is 1.99. The summed E-state index contributed by atoms with van der Waals surface area (Å²) >= 11 is 0. The molecule has 0 radical (unpaired) electrons. The number of aromatic nitrogens is 2. The van der Waals surface area contributed by atoms with E-state index in [9.17, 15) is 0 Å². The molecule has 0 aromatic carbocycles. The van der Waals surface area contributed by atoms with Crippen LogP contribution in [0.4, 0.5) is 5.82 Å². The highest BCUT2D eigenvalue weighted by Crippen LogP contribution is 2.21. The molecule has 0 atom stereocenters. The predicted octanol–water partition coefficient (Wildman–Crippen LogP) is 2.14. The maximum atomic E-state index is 4.18. The molecule has 2 rings (SSSR count). The van der Waals surface area contributed by atoms with Gasteiger partial charge in [-0.1, -0.05) is 12.8 Å². The van der Waals surface area contributed by atoms with Crippen LogP contribution in [0.3, 0.4) is 0 Å². The quantitative estimate of drug-likeness (QED) is 0.752. The lowest BCUT2D eigenvalue weighted by Crippen LogP contribution is -2.15. The minimum absolute atomic E-state index is 0.634. The van der Waals surface area contributed by atoms with Crippen molar-refractivity contribution in [2.24, 2.45) is 0 Å². The SMILES string of the molecule is Cc1cc(NC2CCCC2)ncn1. The Kier molecular flexibility index (Phi) is 2.43. The van der Waals surface area contributed by atoms with Crippen LogP contribution in [0.1, 0.15) is 31.4 Å². The Morgan fingerprint density at radius 1 is 1.31 bits per heavy atom. The van der Waals surface area contributed by atoms with Gasteiger partial charge in [-0.05, 0) is 19.8 Å². The van der Waals surface area contributed by atoms with Gasteiger partial charge < -0.3 is 5.32 Å². The van der Waals surface area contributed by atoms with E-state index in [1.807, 2.05) is 13.0 Å². The van der Waals surface area contributed by atoms with Gasteiger partial charge in [0.15, 0.2) is 0 Å². The second-order valence-electron chi connectivity index (χ2n) is 3.67. The van der Waals surface area contributed by atoms with Crippen LogP contribution in [0, 0.1) is 6.92 Å². The van der Waals surface area contributed by atoms with Crippen LogP contribution in [0.2, 0.25) is 0 Å². The zero-order valence-electron chi connectivity index (χ0n) is 7.95. The van der Waals surface area contributed by atoms with Crippen molar-refractivity contribution in [3.05, 3.63) is 18.1 Å². The Hall–Kier alpha value is -1.12. The fraction of sp³-hybridized carbons (Fsp3) is 0.600. The van der Waals surface area contributed by atoms with Gasteiger partial charge in [0.25, 0.3) is 0 Å². The van der Waals surface area contributed by atoms with Gasteiger partial charge in [-0.25, -0.2) is 9.97 Å². The lowest BCUT2D eigenvalue weighted by molar-refractivity contribution is 0.749. The predicted molar refractivity (Wildman–Crippen MR) is 52.6 cm³/mol. The molecular formula is C10H15N3. The molecule has 3 heteroatoms. The molecule has 1 aliphatic rings. The molecule has 1 aromatic rings. The summed E-state index contributed by atoms with van der Waals surface area (Å²) < 4.78 is 0. The lowest BCUT2D eigenvalue weighted by atomic mass is 10.2. The number of nitrogens with zero attached hydrogens (tertiary/aromatic N) is 2. The van der Waals surface area contributed by atoms with Crippen molar-refractivity contribution in [3.8, 4) is 0 Å². The summed E-state index contributed by atoms with van der Waals surface area (Å²) in [6, 6.07) is 2.63. The van der Waals surface area contributed by atoms with Gasteiger partial charge in [-0.3, -0.25) is 0 Å². The second kappa shape index (κ2) is 3.73. The standard InChI is InChI=1S/C10H15N3/c1-8-6-10(12-7-11-8)13-9-4-2-3-5-9/h6-7,9H,2-5H2,1H3,(H,11,12,13). The van der Waals surface area contributed by atoms with Gasteiger partial charge in [-0.15, -0.1) is 0 Å². The van der Waals surface area contributed by atoms with E-state index in [2.05, 4.69) is 15.3 Å². The molecular weight excluding hydrogens is 162 g/mol. The van der Waals surface area contributed by atoms with Crippen molar-refractivity contribution < 1.29 is 0 Å². The normalized spacial score (nSPS) is 17.6. The summed E-state index contributed by atoms with van der Waals surface area (Å²) in [5.41, 5.74) is 1.02. The van der Waals surface area contributed by atoms with Gasteiger partial charge in [-0.2, -0.15) is 0 Å². The van der Waals surface area contributed by atoms with Crippen LogP contribution >= 0.6 is 0 Å². The first-order chi connectivity index (χ1) is 6.34. The number of nitrogens with one attached hydrogen (secondary N) is 1. The van der Waals surface area contributed by atoms with Crippen LogP contribution in [-0.2, 0) is 0 Å². The van der Waals surface area contributed by atoms with E-state index in [0.717, 1.165) is 11.5 Å². The second-order valence-corrected chi connectivity index (χ2v) is 3.67. The largest absolute Gasteiger partial charge is 0.367 e. The molecule has 0 unspecified atom stereocenters. The van der Waals surface area contributed by atoms with E-state index in [4.69, 9.17) is 0 Å². The highest BCUT2D eigenvalue weighted by atomic mass is 15.0. The van der Waals surface area contributed by atoms with Crippen molar-refractivity contribution in [2.75, 3.05) is 5.32 Å². The third-order valence-corrected chi connectivity index (χ3v) is 2.51. The molecule has 0 aliphatic heterocycles. The average molecular weight is 177 g/mol. The van der Waals surface area contributed by atoms with Crippen molar-refractivity contribution in [1.29, 1.82) is 0 Å². The molecule has 1 saturated carbocycles. The topological polar surface area (TPSA) is 37.8 Å². The molecule has 1 N–H and O–H groups in total. The van der Waals surface area contributed by atoms with E-state index in [1.54, 1.807) is 6.33 Å². The summed E-state index contributed by atoms with van der Waals surface area (Å²) in [5.74, 6) is 0.972. The fourth-order valence-electron chi connectivity index (χ4n) is 1.81. The molecule has 1 heterocycles. The highest BCUT2D eigenvalue weighted by molar-refractivity contribution is 5.35. The number of hydrogen-bond acceptors (Lipinski definition) is 3. The molecule has 0 amide bonds. The molecule has 70 valence electrons. The Balaban J connectivity index is 2.00. The molecule has 0 saturated heterocycles. The van der Waals surface area contributed by atoms with E-state index >= 15 is 0 Å². The minimum atomic E-state index is 0.634. The summed E-state index contributed by atoms with van der Waals surface area (Å²) in [6.07, 6.45) is 6.88. The van der Waals surface area contributed by atoms with Gasteiger partial charge in [0, 0.05) is 17.8 Å². The molecule has 0 bridgehead atoms. The maximum Gasteiger partial charge on any atom is 0.129 e. The van der Waals surface area contributed by atoms with E-state index in [0.29, 0.717) is 6.04 Å². The monoisotopic (exact) mass is 177 g/mol. The minimum Gasteiger partial charge on any atom is -0.367 e. The molecule has 1 aromatic heterocycles. The first-order valence-electron chi connectivity index (χ1n) is 4.90. The average Bonchev–Trinajstić information content (AvgIpc) is 2.57. The fourth-order valence-corrected chi connectivity index (χ4v) is 1.81. The zero-order valence-corrected chi connectivity index (χ0v) is 7.95. The van der Waals surface area contributed by atoms with Crippen molar-refractivity contribution in [1.82, 2.24) is 9.97 Å². The van der Waals surface area contributed by atoms with Crippen molar-refractivity contribution in [2.45, 2.75) is 38.6 Å². The molecule has 1 aliphatic carbocycles. The molecule has 1 fully saturated rings. The van der Waals surface area contributed by atoms with Crippen LogP contribution in [-0.4, -0.2) is 16.0 Å². The first kappa shape index (κ1) is 8.48. The van der Waals surface area contributed by atoms with E-state index in [-0.39, 0.29) is 0 Å². The summed E-state index contributed by atoms with van der Waals surface area (Å²) in [7, 11) is 0. The highest BCUT2D eigenvalue weighted by Gasteiger charge is 2.14. The summed E-state index contributed by atoms with van der Waals surface area (Å²) in [5, 5.41) is 3.43. The zero-order chi connectivity index (χ0) is 9.10.